The third-order valence-corrected chi connectivity index (χ3v) is 4.81. The summed E-state index contributed by atoms with van der Waals surface area (Å²) in [6.07, 6.45) is 3.99. The Morgan fingerprint density at radius 2 is 1.85 bits per heavy atom. The summed E-state index contributed by atoms with van der Waals surface area (Å²) in [6.45, 7) is 2.02. The quantitative estimate of drug-likeness (QED) is 0.847. The van der Waals surface area contributed by atoms with Crippen LogP contribution in [0.4, 0.5) is 0 Å². The molecule has 0 aliphatic heterocycles. The minimum absolute atomic E-state index is 0.0778. The maximum Gasteiger partial charge on any atom is 0.0551 e. The first kappa shape index (κ1) is 13.7. The third kappa shape index (κ3) is 2.61. The van der Waals surface area contributed by atoms with Gasteiger partial charge in [-0.25, -0.2) is 0 Å². The van der Waals surface area contributed by atoms with Gasteiger partial charge in [0.2, 0.25) is 0 Å². The Morgan fingerprint density at radius 3 is 2.50 bits per heavy atom. The summed E-state index contributed by atoms with van der Waals surface area (Å²) in [5.41, 5.74) is 11.3. The lowest BCUT2D eigenvalue weighted by molar-refractivity contribution is 0.419. The largest absolute Gasteiger partial charge is 0.320 e. The molecule has 1 saturated carbocycles. The van der Waals surface area contributed by atoms with E-state index in [1.165, 1.54) is 30.4 Å². The maximum absolute atomic E-state index is 6.42. The van der Waals surface area contributed by atoms with Crippen molar-refractivity contribution < 1.29 is 0 Å². The van der Waals surface area contributed by atoms with E-state index < -0.39 is 0 Å². The van der Waals surface area contributed by atoms with E-state index in [1.807, 2.05) is 19.1 Å². The molecule has 1 aliphatic carbocycles. The molecule has 0 aromatic heterocycles. The van der Waals surface area contributed by atoms with Crippen molar-refractivity contribution >= 4 is 11.6 Å². The molecule has 0 saturated heterocycles. The van der Waals surface area contributed by atoms with Crippen molar-refractivity contribution in [1.82, 2.24) is 0 Å². The van der Waals surface area contributed by atoms with E-state index >= 15 is 0 Å². The molecule has 1 fully saturated rings. The van der Waals surface area contributed by atoms with Crippen LogP contribution in [0.2, 0.25) is 5.02 Å². The SMILES string of the molecule is Cc1cc(C(N)c2cccc(C3CCC3)c2)ccc1Cl. The lowest BCUT2D eigenvalue weighted by Gasteiger charge is -2.26. The molecule has 3 rings (SSSR count). The molecule has 104 valence electrons. The van der Waals surface area contributed by atoms with Gasteiger partial charge in [-0.05, 0) is 54.0 Å². The topological polar surface area (TPSA) is 26.0 Å². The second-order valence-corrected chi connectivity index (χ2v) is 6.19. The molecule has 2 aromatic carbocycles. The summed E-state index contributed by atoms with van der Waals surface area (Å²) < 4.78 is 0. The van der Waals surface area contributed by atoms with Crippen LogP contribution in [-0.2, 0) is 0 Å². The highest BCUT2D eigenvalue weighted by Gasteiger charge is 2.20. The second-order valence-electron chi connectivity index (χ2n) is 5.78. The van der Waals surface area contributed by atoms with Crippen LogP contribution in [0.25, 0.3) is 0 Å². The molecular weight excluding hydrogens is 266 g/mol. The summed E-state index contributed by atoms with van der Waals surface area (Å²) in [5.74, 6) is 0.745. The summed E-state index contributed by atoms with van der Waals surface area (Å²) in [5, 5.41) is 0.796. The average Bonchev–Trinajstić information content (AvgIpc) is 2.39. The number of hydrogen-bond acceptors (Lipinski definition) is 1. The van der Waals surface area contributed by atoms with Gasteiger partial charge in [0.15, 0.2) is 0 Å². The van der Waals surface area contributed by atoms with E-state index in [2.05, 4.69) is 30.3 Å². The first-order chi connectivity index (χ1) is 9.65. The van der Waals surface area contributed by atoms with Gasteiger partial charge in [0.1, 0.15) is 0 Å². The van der Waals surface area contributed by atoms with Gasteiger partial charge in [-0.15, -0.1) is 0 Å². The Morgan fingerprint density at radius 1 is 1.10 bits per heavy atom. The Bertz CT molecular complexity index is 617. The van der Waals surface area contributed by atoms with Gasteiger partial charge >= 0.3 is 0 Å². The number of nitrogens with two attached hydrogens (primary N) is 1. The molecule has 0 amide bonds. The Hall–Kier alpha value is -1.31. The van der Waals surface area contributed by atoms with Crippen LogP contribution in [0.1, 0.15) is 53.5 Å². The number of hydrogen-bond donors (Lipinski definition) is 1. The van der Waals surface area contributed by atoms with E-state index in [0.29, 0.717) is 0 Å². The molecule has 2 aromatic rings. The summed E-state index contributed by atoms with van der Waals surface area (Å²) in [6, 6.07) is 14.7. The van der Waals surface area contributed by atoms with E-state index in [9.17, 15) is 0 Å². The van der Waals surface area contributed by atoms with E-state index in [1.54, 1.807) is 0 Å². The number of rotatable bonds is 3. The van der Waals surface area contributed by atoms with Gasteiger partial charge in [-0.2, -0.15) is 0 Å². The zero-order valence-corrected chi connectivity index (χ0v) is 12.5. The van der Waals surface area contributed by atoms with Crippen molar-refractivity contribution in [2.75, 3.05) is 0 Å². The van der Waals surface area contributed by atoms with Crippen LogP contribution in [0.3, 0.4) is 0 Å². The van der Waals surface area contributed by atoms with Gasteiger partial charge in [0.05, 0.1) is 6.04 Å². The van der Waals surface area contributed by atoms with Crippen LogP contribution in [-0.4, -0.2) is 0 Å². The number of aryl methyl sites for hydroxylation is 1. The van der Waals surface area contributed by atoms with Crippen molar-refractivity contribution in [2.24, 2.45) is 5.73 Å². The maximum atomic E-state index is 6.42. The lowest BCUT2D eigenvalue weighted by atomic mass is 9.79. The molecule has 1 unspecified atom stereocenters. The first-order valence-electron chi connectivity index (χ1n) is 7.26. The molecule has 0 radical (unpaired) electrons. The zero-order valence-electron chi connectivity index (χ0n) is 11.8. The smallest absolute Gasteiger partial charge is 0.0551 e. The second kappa shape index (κ2) is 5.59. The molecule has 1 atom stereocenters. The molecule has 0 spiro atoms. The van der Waals surface area contributed by atoms with Crippen molar-refractivity contribution in [1.29, 1.82) is 0 Å². The predicted molar refractivity (Wildman–Crippen MR) is 85.3 cm³/mol. The zero-order chi connectivity index (χ0) is 14.1. The molecule has 20 heavy (non-hydrogen) atoms. The average molecular weight is 286 g/mol. The summed E-state index contributed by atoms with van der Waals surface area (Å²) >= 11 is 6.08. The molecule has 0 heterocycles. The Balaban J connectivity index is 1.89. The van der Waals surface area contributed by atoms with Gasteiger partial charge in [-0.3, -0.25) is 0 Å². The van der Waals surface area contributed by atoms with Gasteiger partial charge < -0.3 is 5.73 Å². The molecular formula is C18H20ClN. The fourth-order valence-electron chi connectivity index (χ4n) is 2.80. The van der Waals surface area contributed by atoms with Gasteiger partial charge in [-0.1, -0.05) is 54.4 Å². The molecule has 0 bridgehead atoms. The minimum Gasteiger partial charge on any atom is -0.320 e. The van der Waals surface area contributed by atoms with Crippen LogP contribution in [0.15, 0.2) is 42.5 Å². The molecule has 1 aliphatic rings. The standard InChI is InChI=1S/C18H20ClN/c1-12-10-16(8-9-17(12)19)18(20)15-7-3-6-14(11-15)13-4-2-5-13/h3,6-11,13,18H,2,4-5,20H2,1H3. The Labute approximate surface area is 125 Å². The van der Waals surface area contributed by atoms with Crippen molar-refractivity contribution in [2.45, 2.75) is 38.1 Å². The normalized spacial score (nSPS) is 16.8. The Kier molecular flexibility index (Phi) is 3.82. The number of benzene rings is 2. The van der Waals surface area contributed by atoms with E-state index in [4.69, 9.17) is 17.3 Å². The van der Waals surface area contributed by atoms with Gasteiger partial charge in [0.25, 0.3) is 0 Å². The highest BCUT2D eigenvalue weighted by Crippen LogP contribution is 2.37. The van der Waals surface area contributed by atoms with Crippen LogP contribution >= 0.6 is 11.6 Å². The molecule has 2 heteroatoms. The third-order valence-electron chi connectivity index (χ3n) is 4.39. The monoisotopic (exact) mass is 285 g/mol. The van der Waals surface area contributed by atoms with Crippen LogP contribution in [0.5, 0.6) is 0 Å². The van der Waals surface area contributed by atoms with Crippen molar-refractivity contribution in [3.63, 3.8) is 0 Å². The van der Waals surface area contributed by atoms with Crippen LogP contribution < -0.4 is 5.73 Å². The van der Waals surface area contributed by atoms with Crippen LogP contribution in [0, 0.1) is 6.92 Å². The molecule has 2 N–H and O–H groups in total. The fraction of sp³-hybridized carbons (Fsp3) is 0.333. The van der Waals surface area contributed by atoms with Crippen molar-refractivity contribution in [3.05, 3.63) is 69.7 Å². The lowest BCUT2D eigenvalue weighted by Crippen LogP contribution is -2.14. The minimum atomic E-state index is -0.0778. The highest BCUT2D eigenvalue weighted by atomic mass is 35.5. The summed E-state index contributed by atoms with van der Waals surface area (Å²) in [4.78, 5) is 0. The molecule has 1 nitrogen and oxygen atoms in total. The van der Waals surface area contributed by atoms with Crippen molar-refractivity contribution in [3.8, 4) is 0 Å². The van der Waals surface area contributed by atoms with Gasteiger partial charge in [0, 0.05) is 5.02 Å². The summed E-state index contributed by atoms with van der Waals surface area (Å²) in [7, 11) is 0. The first-order valence-corrected chi connectivity index (χ1v) is 7.64. The van der Waals surface area contributed by atoms with E-state index in [-0.39, 0.29) is 6.04 Å². The highest BCUT2D eigenvalue weighted by molar-refractivity contribution is 6.31. The number of halogens is 1. The van der Waals surface area contributed by atoms with E-state index in [0.717, 1.165) is 22.1 Å². The predicted octanol–water partition coefficient (Wildman–Crippen LogP) is 4.96. The fourth-order valence-corrected chi connectivity index (χ4v) is 2.92.